The second kappa shape index (κ2) is 7.64. The molecule has 0 bridgehead atoms. The molecule has 1 unspecified atom stereocenters. The number of nitrogens with one attached hydrogen (secondary N) is 1. The van der Waals surface area contributed by atoms with Gasteiger partial charge in [0.25, 0.3) is 0 Å². The molecule has 2 rings (SSSR count). The molecule has 102 valence electrons. The molecular formula is C14H22BrNO2. The molecule has 1 aromatic carbocycles. The van der Waals surface area contributed by atoms with E-state index in [1.54, 1.807) is 0 Å². The normalized spacial score (nSPS) is 14.1. The molecule has 0 amide bonds. The maximum Gasteiger partial charge on any atom is 0.231 e. The van der Waals surface area contributed by atoms with Gasteiger partial charge in [0.05, 0.1) is 0 Å². The summed E-state index contributed by atoms with van der Waals surface area (Å²) in [6.45, 7) is 5.82. The summed E-state index contributed by atoms with van der Waals surface area (Å²) in [7, 11) is 0. The second-order valence-electron chi connectivity index (χ2n) is 4.58. The molecule has 0 saturated heterocycles. The van der Waals surface area contributed by atoms with Gasteiger partial charge in [-0.2, -0.15) is 0 Å². The first kappa shape index (κ1) is 15.3. The van der Waals surface area contributed by atoms with E-state index < -0.39 is 0 Å². The van der Waals surface area contributed by atoms with Crippen LogP contribution in [-0.4, -0.2) is 19.4 Å². The predicted octanol–water partition coefficient (Wildman–Crippen LogP) is 3.31. The summed E-state index contributed by atoms with van der Waals surface area (Å²) in [6, 6.07) is 6.79. The minimum absolute atomic E-state index is 0. The minimum Gasteiger partial charge on any atom is -0.454 e. The van der Waals surface area contributed by atoms with E-state index in [-0.39, 0.29) is 17.0 Å². The van der Waals surface area contributed by atoms with E-state index >= 15 is 0 Å². The number of ether oxygens (including phenoxy) is 2. The van der Waals surface area contributed by atoms with Crippen molar-refractivity contribution in [2.24, 2.45) is 0 Å². The van der Waals surface area contributed by atoms with Crippen LogP contribution in [0, 0.1) is 0 Å². The third-order valence-electron chi connectivity index (χ3n) is 3.07. The zero-order valence-corrected chi connectivity index (χ0v) is 12.8. The van der Waals surface area contributed by atoms with Gasteiger partial charge in [0.1, 0.15) is 0 Å². The fraction of sp³-hybridized carbons (Fsp3) is 0.571. The number of fused-ring (bicyclic) bond motifs is 1. The molecule has 1 aromatic rings. The predicted molar refractivity (Wildman–Crippen MR) is 79.0 cm³/mol. The van der Waals surface area contributed by atoms with E-state index in [0.717, 1.165) is 24.5 Å². The highest BCUT2D eigenvalue weighted by molar-refractivity contribution is 8.93. The SMILES string of the molecule is Br.CCCC(C)NCCc1ccc2c(c1)OCO2. The highest BCUT2D eigenvalue weighted by Gasteiger charge is 2.12. The molecule has 0 fully saturated rings. The van der Waals surface area contributed by atoms with Crippen molar-refractivity contribution in [3.05, 3.63) is 23.8 Å². The fourth-order valence-electron chi connectivity index (χ4n) is 2.09. The van der Waals surface area contributed by atoms with E-state index in [1.807, 2.05) is 6.07 Å². The van der Waals surface area contributed by atoms with Crippen LogP contribution in [0.25, 0.3) is 0 Å². The Hall–Kier alpha value is -0.740. The lowest BCUT2D eigenvalue weighted by Crippen LogP contribution is -2.27. The topological polar surface area (TPSA) is 30.5 Å². The van der Waals surface area contributed by atoms with E-state index in [4.69, 9.17) is 9.47 Å². The molecular weight excluding hydrogens is 294 g/mol. The van der Waals surface area contributed by atoms with Crippen LogP contribution < -0.4 is 14.8 Å². The van der Waals surface area contributed by atoms with Crippen LogP contribution in [0.15, 0.2) is 18.2 Å². The van der Waals surface area contributed by atoms with E-state index in [0.29, 0.717) is 12.8 Å². The molecule has 1 heterocycles. The van der Waals surface area contributed by atoms with Gasteiger partial charge in [0.2, 0.25) is 6.79 Å². The summed E-state index contributed by atoms with van der Waals surface area (Å²) in [4.78, 5) is 0. The summed E-state index contributed by atoms with van der Waals surface area (Å²) in [6.07, 6.45) is 3.50. The number of rotatable bonds is 6. The highest BCUT2D eigenvalue weighted by Crippen LogP contribution is 2.32. The van der Waals surface area contributed by atoms with Crippen molar-refractivity contribution in [3.8, 4) is 11.5 Å². The Morgan fingerprint density at radius 3 is 2.83 bits per heavy atom. The summed E-state index contributed by atoms with van der Waals surface area (Å²) in [5, 5.41) is 3.53. The third-order valence-corrected chi connectivity index (χ3v) is 3.07. The van der Waals surface area contributed by atoms with Crippen molar-refractivity contribution in [2.75, 3.05) is 13.3 Å². The van der Waals surface area contributed by atoms with Crippen LogP contribution in [0.5, 0.6) is 11.5 Å². The molecule has 4 heteroatoms. The molecule has 0 radical (unpaired) electrons. The maximum absolute atomic E-state index is 5.36. The van der Waals surface area contributed by atoms with Crippen LogP contribution >= 0.6 is 17.0 Å². The molecule has 0 aromatic heterocycles. The van der Waals surface area contributed by atoms with Crippen LogP contribution in [0.4, 0.5) is 0 Å². The first-order valence-electron chi connectivity index (χ1n) is 6.41. The first-order chi connectivity index (χ1) is 8.29. The Kier molecular flexibility index (Phi) is 6.50. The smallest absolute Gasteiger partial charge is 0.231 e. The largest absolute Gasteiger partial charge is 0.454 e. The standard InChI is InChI=1S/C14H21NO2.BrH/c1-3-4-11(2)15-8-7-12-5-6-13-14(9-12)17-10-16-13;/h5-6,9,11,15H,3-4,7-8,10H2,1-2H3;1H. The Bertz CT molecular complexity index is 371. The van der Waals surface area contributed by atoms with Crippen LogP contribution in [0.2, 0.25) is 0 Å². The molecule has 0 aliphatic carbocycles. The molecule has 3 nitrogen and oxygen atoms in total. The fourth-order valence-corrected chi connectivity index (χ4v) is 2.09. The van der Waals surface area contributed by atoms with E-state index in [9.17, 15) is 0 Å². The quantitative estimate of drug-likeness (QED) is 0.873. The lowest BCUT2D eigenvalue weighted by atomic mass is 10.1. The van der Waals surface area contributed by atoms with Gasteiger partial charge in [-0.05, 0) is 44.0 Å². The molecule has 18 heavy (non-hydrogen) atoms. The minimum atomic E-state index is 0. The van der Waals surface area contributed by atoms with Gasteiger partial charge in [-0.25, -0.2) is 0 Å². The zero-order valence-electron chi connectivity index (χ0n) is 11.1. The van der Waals surface area contributed by atoms with Gasteiger partial charge >= 0.3 is 0 Å². The average molecular weight is 316 g/mol. The summed E-state index contributed by atoms with van der Waals surface area (Å²) in [5.41, 5.74) is 1.30. The van der Waals surface area contributed by atoms with Crippen LogP contribution in [-0.2, 0) is 6.42 Å². The molecule has 0 saturated carbocycles. The monoisotopic (exact) mass is 315 g/mol. The first-order valence-corrected chi connectivity index (χ1v) is 6.41. The lowest BCUT2D eigenvalue weighted by molar-refractivity contribution is 0.174. The van der Waals surface area contributed by atoms with Gasteiger partial charge in [-0.15, -0.1) is 17.0 Å². The number of halogens is 1. The van der Waals surface area contributed by atoms with Crippen molar-refractivity contribution in [3.63, 3.8) is 0 Å². The van der Waals surface area contributed by atoms with Gasteiger partial charge in [-0.3, -0.25) is 0 Å². The summed E-state index contributed by atoms with van der Waals surface area (Å²) >= 11 is 0. The zero-order chi connectivity index (χ0) is 12.1. The van der Waals surface area contributed by atoms with Gasteiger partial charge in [0, 0.05) is 6.04 Å². The Labute approximate surface area is 120 Å². The van der Waals surface area contributed by atoms with Gasteiger partial charge in [0.15, 0.2) is 11.5 Å². The van der Waals surface area contributed by atoms with Crippen molar-refractivity contribution in [2.45, 2.75) is 39.2 Å². The lowest BCUT2D eigenvalue weighted by Gasteiger charge is -2.12. The Morgan fingerprint density at radius 1 is 1.28 bits per heavy atom. The number of benzene rings is 1. The van der Waals surface area contributed by atoms with Crippen LogP contribution in [0.1, 0.15) is 32.3 Å². The third kappa shape index (κ3) is 4.18. The van der Waals surface area contributed by atoms with Gasteiger partial charge < -0.3 is 14.8 Å². The van der Waals surface area contributed by atoms with E-state index in [2.05, 4.69) is 31.3 Å². The maximum atomic E-state index is 5.36. The average Bonchev–Trinajstić information content (AvgIpc) is 2.76. The summed E-state index contributed by atoms with van der Waals surface area (Å²) < 4.78 is 10.7. The second-order valence-corrected chi connectivity index (χ2v) is 4.58. The van der Waals surface area contributed by atoms with Crippen molar-refractivity contribution < 1.29 is 9.47 Å². The number of hydrogen-bond donors (Lipinski definition) is 1. The molecule has 1 atom stereocenters. The van der Waals surface area contributed by atoms with Crippen molar-refractivity contribution in [1.82, 2.24) is 5.32 Å². The molecule has 1 N–H and O–H groups in total. The van der Waals surface area contributed by atoms with E-state index in [1.165, 1.54) is 18.4 Å². The van der Waals surface area contributed by atoms with Gasteiger partial charge in [-0.1, -0.05) is 19.4 Å². The highest BCUT2D eigenvalue weighted by atomic mass is 79.9. The summed E-state index contributed by atoms with van der Waals surface area (Å²) in [5.74, 6) is 1.74. The van der Waals surface area contributed by atoms with Crippen molar-refractivity contribution >= 4 is 17.0 Å². The Morgan fingerprint density at radius 2 is 2.06 bits per heavy atom. The molecule has 1 aliphatic rings. The van der Waals surface area contributed by atoms with Crippen LogP contribution in [0.3, 0.4) is 0 Å². The molecule has 1 aliphatic heterocycles. The number of hydrogen-bond acceptors (Lipinski definition) is 3. The Balaban J connectivity index is 0.00000162. The van der Waals surface area contributed by atoms with Crippen molar-refractivity contribution in [1.29, 1.82) is 0 Å². The molecule has 0 spiro atoms.